The molecule has 2 rings (SSSR count). The van der Waals surface area contributed by atoms with E-state index in [0.29, 0.717) is 10.1 Å². The van der Waals surface area contributed by atoms with Crippen molar-refractivity contribution in [3.8, 4) is 0 Å². The quantitative estimate of drug-likeness (QED) is 0.697. The zero-order valence-corrected chi connectivity index (χ0v) is 10.2. The van der Waals surface area contributed by atoms with Gasteiger partial charge in [0.2, 0.25) is 0 Å². The van der Waals surface area contributed by atoms with Crippen LogP contribution in [0.2, 0.25) is 0 Å². The zero-order valence-electron chi connectivity index (χ0n) is 9.37. The number of halogens is 4. The molecular weight excluding hydrogens is 284 g/mol. The highest BCUT2D eigenvalue weighted by Gasteiger charge is 2.41. The molecule has 1 N–H and O–H groups in total. The number of aromatic nitrogens is 2. The lowest BCUT2D eigenvalue weighted by Gasteiger charge is -2.16. The third kappa shape index (κ3) is 2.53. The fraction of sp³-hybridized carbons (Fsp3) is 0.273. The first-order valence-electron chi connectivity index (χ1n) is 5.21. The lowest BCUT2D eigenvalue weighted by atomic mass is 10.2. The number of nitrogens with zero attached hydrogens (tertiary/aromatic N) is 1. The number of hydrogen-bond donors (Lipinski definition) is 1. The van der Waals surface area contributed by atoms with Crippen molar-refractivity contribution in [2.75, 3.05) is 0 Å². The Morgan fingerprint density at radius 2 is 1.95 bits per heavy atom. The summed E-state index contributed by atoms with van der Waals surface area (Å²) < 4.78 is 50.5. The van der Waals surface area contributed by atoms with Crippen LogP contribution < -0.4 is 5.56 Å². The average Bonchev–Trinajstić information content (AvgIpc) is 2.34. The van der Waals surface area contributed by atoms with E-state index in [9.17, 15) is 22.4 Å². The van der Waals surface area contributed by atoms with Gasteiger partial charge in [-0.25, -0.2) is 8.78 Å². The van der Waals surface area contributed by atoms with Gasteiger partial charge in [0.05, 0.1) is 17.4 Å². The number of alkyl halides is 4. The Morgan fingerprint density at radius 3 is 2.58 bits per heavy atom. The minimum absolute atomic E-state index is 0.112. The van der Waals surface area contributed by atoms with Gasteiger partial charge >= 0.3 is 12.3 Å². The van der Waals surface area contributed by atoms with Crippen molar-refractivity contribution in [3.63, 3.8) is 0 Å². The molecule has 0 bridgehead atoms. The Bertz CT molecular complexity index is 722. The smallest absolute Gasteiger partial charge is 0.325 e. The number of nitrogens with one attached hydrogen (secondary N) is 1. The van der Waals surface area contributed by atoms with Gasteiger partial charge in [-0.1, -0.05) is 12.1 Å². The normalized spacial score (nSPS) is 12.3. The molecule has 1 aromatic carbocycles. The number of rotatable bonds is 3. The van der Waals surface area contributed by atoms with Gasteiger partial charge in [0, 0.05) is 0 Å². The van der Waals surface area contributed by atoms with E-state index in [4.69, 9.17) is 12.2 Å². The molecular formula is C11H8F4N2OS. The van der Waals surface area contributed by atoms with Gasteiger partial charge in [-0.15, -0.1) is 0 Å². The zero-order chi connectivity index (χ0) is 14.2. The molecule has 0 saturated carbocycles. The molecule has 8 heteroatoms. The van der Waals surface area contributed by atoms with Gasteiger partial charge in [-0.05, 0) is 24.4 Å². The van der Waals surface area contributed by atoms with Gasteiger partial charge in [0.25, 0.3) is 5.56 Å². The van der Waals surface area contributed by atoms with Crippen LogP contribution in [-0.4, -0.2) is 21.9 Å². The molecule has 0 aliphatic carbocycles. The van der Waals surface area contributed by atoms with Crippen LogP contribution in [0.1, 0.15) is 0 Å². The summed E-state index contributed by atoms with van der Waals surface area (Å²) in [5.41, 5.74) is -0.450. The van der Waals surface area contributed by atoms with Crippen molar-refractivity contribution in [3.05, 3.63) is 39.4 Å². The maximum atomic E-state index is 13.0. The minimum Gasteiger partial charge on any atom is -0.332 e. The van der Waals surface area contributed by atoms with Crippen LogP contribution in [0.4, 0.5) is 17.6 Å². The van der Waals surface area contributed by atoms with E-state index in [1.54, 1.807) is 12.1 Å². The summed E-state index contributed by atoms with van der Waals surface area (Å²) in [6.07, 6.45) is -3.86. The standard InChI is InChI=1S/C11H8F4N2OS/c12-9(13)11(14,15)5-17-8(18)6-3-1-2-4-7(6)16-10(17)19/h1-4,9H,5H2,(H,16,19). The Morgan fingerprint density at radius 1 is 1.32 bits per heavy atom. The second-order valence-electron chi connectivity index (χ2n) is 3.93. The maximum absolute atomic E-state index is 13.0. The van der Waals surface area contributed by atoms with E-state index >= 15 is 0 Å². The van der Waals surface area contributed by atoms with Crippen LogP contribution in [-0.2, 0) is 6.54 Å². The minimum atomic E-state index is -4.31. The summed E-state index contributed by atoms with van der Waals surface area (Å²) in [5.74, 6) is -4.31. The van der Waals surface area contributed by atoms with Gasteiger partial charge in [0.15, 0.2) is 4.77 Å². The second-order valence-corrected chi connectivity index (χ2v) is 4.32. The second kappa shape index (κ2) is 4.76. The molecule has 1 aromatic heterocycles. The first-order valence-corrected chi connectivity index (χ1v) is 5.61. The highest BCUT2D eigenvalue weighted by atomic mass is 32.1. The third-order valence-electron chi connectivity index (χ3n) is 2.58. The number of hydrogen-bond acceptors (Lipinski definition) is 2. The monoisotopic (exact) mass is 292 g/mol. The van der Waals surface area contributed by atoms with Crippen molar-refractivity contribution in [2.45, 2.75) is 18.9 Å². The van der Waals surface area contributed by atoms with Crippen LogP contribution in [0, 0.1) is 4.77 Å². The molecule has 0 spiro atoms. The van der Waals surface area contributed by atoms with Gasteiger partial charge < -0.3 is 4.98 Å². The molecule has 0 saturated heterocycles. The molecule has 102 valence electrons. The van der Waals surface area contributed by atoms with Crippen molar-refractivity contribution < 1.29 is 17.6 Å². The van der Waals surface area contributed by atoms with Crippen molar-refractivity contribution >= 4 is 23.1 Å². The first kappa shape index (κ1) is 13.7. The highest BCUT2D eigenvalue weighted by molar-refractivity contribution is 7.71. The van der Waals surface area contributed by atoms with Crippen molar-refractivity contribution in [1.82, 2.24) is 9.55 Å². The Hall–Kier alpha value is -1.70. The van der Waals surface area contributed by atoms with E-state index in [1.165, 1.54) is 12.1 Å². The van der Waals surface area contributed by atoms with Gasteiger partial charge in [-0.2, -0.15) is 8.78 Å². The van der Waals surface area contributed by atoms with Crippen LogP contribution in [0.5, 0.6) is 0 Å². The molecule has 3 nitrogen and oxygen atoms in total. The molecule has 0 fully saturated rings. The molecule has 0 aliphatic rings. The third-order valence-corrected chi connectivity index (χ3v) is 2.90. The summed E-state index contributed by atoms with van der Waals surface area (Å²) in [4.78, 5) is 14.5. The Kier molecular flexibility index (Phi) is 3.44. The van der Waals surface area contributed by atoms with Crippen molar-refractivity contribution in [2.24, 2.45) is 0 Å². The van der Waals surface area contributed by atoms with E-state index in [-0.39, 0.29) is 10.2 Å². The Balaban J connectivity index is 2.62. The first-order chi connectivity index (χ1) is 8.83. The maximum Gasteiger partial charge on any atom is 0.325 e. The summed E-state index contributed by atoms with van der Waals surface area (Å²) in [5, 5.41) is 0.112. The number of fused-ring (bicyclic) bond motifs is 1. The number of benzene rings is 1. The molecule has 0 radical (unpaired) electrons. The van der Waals surface area contributed by atoms with Gasteiger partial charge in [-0.3, -0.25) is 9.36 Å². The molecule has 0 atom stereocenters. The largest absolute Gasteiger partial charge is 0.332 e. The highest BCUT2D eigenvalue weighted by Crippen LogP contribution is 2.24. The SMILES string of the molecule is O=c1c2ccccc2[nH]c(=S)n1CC(F)(F)C(F)F. The Labute approximate surface area is 109 Å². The van der Waals surface area contributed by atoms with E-state index < -0.39 is 24.5 Å². The predicted octanol–water partition coefficient (Wildman–Crippen LogP) is 2.96. The lowest BCUT2D eigenvalue weighted by molar-refractivity contribution is -0.138. The summed E-state index contributed by atoms with van der Waals surface area (Å²) in [6, 6.07) is 6.11. The molecule has 0 amide bonds. The van der Waals surface area contributed by atoms with Crippen LogP contribution in [0.3, 0.4) is 0 Å². The predicted molar refractivity (Wildman–Crippen MR) is 64.3 cm³/mol. The summed E-state index contributed by atoms with van der Waals surface area (Å²) in [6.45, 7) is -1.45. The number of H-pyrrole nitrogens is 1. The van der Waals surface area contributed by atoms with E-state index in [2.05, 4.69) is 4.98 Å². The molecule has 2 aromatic rings. The molecule has 19 heavy (non-hydrogen) atoms. The van der Waals surface area contributed by atoms with Crippen molar-refractivity contribution in [1.29, 1.82) is 0 Å². The fourth-order valence-corrected chi connectivity index (χ4v) is 1.88. The summed E-state index contributed by atoms with van der Waals surface area (Å²) in [7, 11) is 0. The van der Waals surface area contributed by atoms with E-state index in [0.717, 1.165) is 0 Å². The van der Waals surface area contributed by atoms with E-state index in [1.807, 2.05) is 0 Å². The molecule has 0 aliphatic heterocycles. The average molecular weight is 292 g/mol. The molecule has 1 heterocycles. The summed E-state index contributed by atoms with van der Waals surface area (Å²) >= 11 is 4.75. The number of aromatic amines is 1. The van der Waals surface area contributed by atoms with Gasteiger partial charge in [0.1, 0.15) is 0 Å². The molecule has 0 unspecified atom stereocenters. The lowest BCUT2D eigenvalue weighted by Crippen LogP contribution is -2.37. The topological polar surface area (TPSA) is 37.8 Å². The van der Waals surface area contributed by atoms with Crippen LogP contribution in [0.15, 0.2) is 29.1 Å². The fourth-order valence-electron chi connectivity index (χ4n) is 1.62. The number of para-hydroxylation sites is 1. The van der Waals surface area contributed by atoms with Crippen LogP contribution in [0.25, 0.3) is 10.9 Å². The van der Waals surface area contributed by atoms with Crippen LogP contribution >= 0.6 is 12.2 Å².